The number of benzene rings is 4. The molecule has 1 aliphatic heterocycles. The normalized spacial score (nSPS) is 12.5. The van der Waals surface area contributed by atoms with Gasteiger partial charge < -0.3 is 15.0 Å². The Bertz CT molecular complexity index is 1300. The van der Waals surface area contributed by atoms with Crippen molar-refractivity contribution < 1.29 is 14.3 Å². The van der Waals surface area contributed by atoms with Gasteiger partial charge in [0, 0.05) is 29.0 Å². The van der Waals surface area contributed by atoms with Gasteiger partial charge >= 0.3 is 0 Å². The number of carbonyl (C=O) groups is 2. The van der Waals surface area contributed by atoms with E-state index in [9.17, 15) is 9.59 Å². The van der Waals surface area contributed by atoms with Gasteiger partial charge in [-0.1, -0.05) is 36.4 Å². The molecule has 0 aliphatic carbocycles. The predicted molar refractivity (Wildman–Crippen MR) is 134 cm³/mol. The maximum atomic E-state index is 13.0. The summed E-state index contributed by atoms with van der Waals surface area (Å²) >= 11 is 0. The molecule has 4 aromatic carbocycles. The maximum Gasteiger partial charge on any atom is 0.258 e. The fraction of sp³-hybridized carbons (Fsp3) is 0.103. The number of hydrogen-bond acceptors (Lipinski definition) is 3. The molecule has 5 rings (SSSR count). The molecular weight excluding hydrogens is 424 g/mol. The number of fused-ring (bicyclic) bond motifs is 1. The summed E-state index contributed by atoms with van der Waals surface area (Å²) < 4.78 is 5.79. The Morgan fingerprint density at radius 2 is 1.41 bits per heavy atom. The first-order chi connectivity index (χ1) is 16.7. The number of amides is 2. The zero-order valence-corrected chi connectivity index (χ0v) is 18.6. The van der Waals surface area contributed by atoms with Crippen molar-refractivity contribution in [2.45, 2.75) is 12.8 Å². The minimum atomic E-state index is -0.195. The van der Waals surface area contributed by atoms with Crippen LogP contribution in [0.4, 0.5) is 11.4 Å². The van der Waals surface area contributed by atoms with Crippen LogP contribution in [0.2, 0.25) is 0 Å². The van der Waals surface area contributed by atoms with Crippen molar-refractivity contribution in [3.05, 3.63) is 120 Å². The summed E-state index contributed by atoms with van der Waals surface area (Å²) in [6.45, 7) is 0.684. The molecule has 168 valence electrons. The summed E-state index contributed by atoms with van der Waals surface area (Å²) in [5.41, 5.74) is 3.88. The molecule has 0 saturated heterocycles. The molecule has 0 bridgehead atoms. The van der Waals surface area contributed by atoms with E-state index in [0.717, 1.165) is 29.8 Å². The van der Waals surface area contributed by atoms with E-state index in [-0.39, 0.29) is 11.8 Å². The van der Waals surface area contributed by atoms with Gasteiger partial charge in [0.15, 0.2) is 0 Å². The largest absolute Gasteiger partial charge is 0.457 e. The molecule has 0 fully saturated rings. The lowest BCUT2D eigenvalue weighted by atomic mass is 10.00. The molecule has 1 aliphatic rings. The maximum absolute atomic E-state index is 13.0. The van der Waals surface area contributed by atoms with E-state index in [1.54, 1.807) is 24.3 Å². The van der Waals surface area contributed by atoms with Crippen LogP contribution in [0, 0.1) is 0 Å². The summed E-state index contributed by atoms with van der Waals surface area (Å²) in [4.78, 5) is 27.6. The fourth-order valence-corrected chi connectivity index (χ4v) is 4.12. The van der Waals surface area contributed by atoms with Crippen molar-refractivity contribution in [3.8, 4) is 11.5 Å². The molecule has 0 aromatic heterocycles. The lowest BCUT2D eigenvalue weighted by Crippen LogP contribution is -2.35. The van der Waals surface area contributed by atoms with Crippen LogP contribution < -0.4 is 15.0 Å². The number of nitrogens with one attached hydrogen (secondary N) is 1. The number of nitrogens with zero attached hydrogens (tertiary/aromatic N) is 1. The number of rotatable bonds is 5. The van der Waals surface area contributed by atoms with Crippen LogP contribution in [-0.4, -0.2) is 18.4 Å². The average molecular weight is 449 g/mol. The van der Waals surface area contributed by atoms with Gasteiger partial charge in [-0.15, -0.1) is 0 Å². The third-order valence-corrected chi connectivity index (χ3v) is 5.82. The van der Waals surface area contributed by atoms with Crippen LogP contribution >= 0.6 is 0 Å². The molecule has 1 N–H and O–H groups in total. The molecule has 0 spiro atoms. The fourth-order valence-electron chi connectivity index (χ4n) is 4.12. The Hall–Kier alpha value is -4.38. The lowest BCUT2D eigenvalue weighted by Gasteiger charge is -2.30. The minimum Gasteiger partial charge on any atom is -0.457 e. The SMILES string of the molecule is O=C(Nc1ccc2c(c1)CCCN2C(=O)c1ccccc1)c1ccc(Oc2ccccc2)cc1. The predicted octanol–water partition coefficient (Wildman–Crippen LogP) is 6.32. The van der Waals surface area contributed by atoms with Crippen molar-refractivity contribution >= 4 is 23.2 Å². The van der Waals surface area contributed by atoms with Crippen LogP contribution in [0.25, 0.3) is 0 Å². The second-order valence-electron chi connectivity index (χ2n) is 8.16. The van der Waals surface area contributed by atoms with Crippen molar-refractivity contribution in [1.82, 2.24) is 0 Å². The Morgan fingerprint density at radius 3 is 2.15 bits per heavy atom. The zero-order chi connectivity index (χ0) is 23.3. The van der Waals surface area contributed by atoms with E-state index in [4.69, 9.17) is 4.74 Å². The van der Waals surface area contributed by atoms with Crippen LogP contribution in [0.5, 0.6) is 11.5 Å². The van der Waals surface area contributed by atoms with Crippen molar-refractivity contribution in [2.75, 3.05) is 16.8 Å². The quantitative estimate of drug-likeness (QED) is 0.388. The average Bonchev–Trinajstić information content (AvgIpc) is 2.89. The van der Waals surface area contributed by atoms with Gasteiger partial charge in [0.05, 0.1) is 0 Å². The molecule has 1 heterocycles. The molecule has 0 saturated carbocycles. The number of aryl methyl sites for hydroxylation is 1. The first-order valence-electron chi connectivity index (χ1n) is 11.3. The molecule has 4 aromatic rings. The summed E-state index contributed by atoms with van der Waals surface area (Å²) in [6, 6.07) is 31.6. The van der Waals surface area contributed by atoms with E-state index in [1.165, 1.54) is 0 Å². The lowest BCUT2D eigenvalue weighted by molar-refractivity contribution is 0.0983. The molecule has 5 heteroatoms. The van der Waals surface area contributed by atoms with Gasteiger partial charge in [-0.2, -0.15) is 0 Å². The highest BCUT2D eigenvalue weighted by molar-refractivity contribution is 6.07. The van der Waals surface area contributed by atoms with Crippen LogP contribution in [0.3, 0.4) is 0 Å². The number of hydrogen-bond donors (Lipinski definition) is 1. The number of ether oxygens (including phenoxy) is 1. The van der Waals surface area contributed by atoms with Crippen LogP contribution in [0.15, 0.2) is 103 Å². The molecular formula is C29H24N2O3. The van der Waals surface area contributed by atoms with E-state index in [2.05, 4.69) is 5.32 Å². The van der Waals surface area contributed by atoms with E-state index in [1.807, 2.05) is 83.8 Å². The smallest absolute Gasteiger partial charge is 0.258 e. The minimum absolute atomic E-state index is 0.00357. The molecule has 0 unspecified atom stereocenters. The van der Waals surface area contributed by atoms with Gasteiger partial charge in [0.25, 0.3) is 11.8 Å². The van der Waals surface area contributed by atoms with Gasteiger partial charge in [-0.05, 0) is 85.1 Å². The van der Waals surface area contributed by atoms with E-state index >= 15 is 0 Å². The second-order valence-corrected chi connectivity index (χ2v) is 8.16. The standard InChI is InChI=1S/C29H24N2O3/c32-28(21-13-16-26(17-14-21)34-25-11-5-2-6-12-25)30-24-15-18-27-23(20-24)10-7-19-31(27)29(33)22-8-3-1-4-9-22/h1-6,8-9,11-18,20H,7,10,19H2,(H,30,32). The van der Waals surface area contributed by atoms with Gasteiger partial charge in [0.2, 0.25) is 0 Å². The number of anilines is 2. The molecule has 0 atom stereocenters. The van der Waals surface area contributed by atoms with Crippen molar-refractivity contribution in [1.29, 1.82) is 0 Å². The van der Waals surface area contributed by atoms with E-state index < -0.39 is 0 Å². The Morgan fingerprint density at radius 1 is 0.735 bits per heavy atom. The highest BCUT2D eigenvalue weighted by Gasteiger charge is 2.24. The summed E-state index contributed by atoms with van der Waals surface area (Å²) in [5.74, 6) is 1.21. The first-order valence-corrected chi connectivity index (χ1v) is 11.3. The Labute approximate surface area is 198 Å². The molecule has 2 amide bonds. The molecule has 5 nitrogen and oxygen atoms in total. The molecule has 34 heavy (non-hydrogen) atoms. The highest BCUT2D eigenvalue weighted by Crippen LogP contribution is 2.31. The summed E-state index contributed by atoms with van der Waals surface area (Å²) in [6.07, 6.45) is 1.75. The number of carbonyl (C=O) groups excluding carboxylic acids is 2. The monoisotopic (exact) mass is 448 g/mol. The third-order valence-electron chi connectivity index (χ3n) is 5.82. The van der Waals surface area contributed by atoms with Crippen molar-refractivity contribution in [2.24, 2.45) is 0 Å². The highest BCUT2D eigenvalue weighted by atomic mass is 16.5. The topological polar surface area (TPSA) is 58.6 Å². The van der Waals surface area contributed by atoms with E-state index in [0.29, 0.717) is 29.1 Å². The Kier molecular flexibility index (Phi) is 6.08. The van der Waals surface area contributed by atoms with Gasteiger partial charge in [-0.25, -0.2) is 0 Å². The zero-order valence-electron chi connectivity index (χ0n) is 18.6. The molecule has 0 radical (unpaired) electrons. The van der Waals surface area contributed by atoms with Gasteiger partial charge in [0.1, 0.15) is 11.5 Å². The van der Waals surface area contributed by atoms with Crippen molar-refractivity contribution in [3.63, 3.8) is 0 Å². The summed E-state index contributed by atoms with van der Waals surface area (Å²) in [5, 5.41) is 2.97. The number of para-hydroxylation sites is 1. The second kappa shape index (κ2) is 9.63. The van der Waals surface area contributed by atoms with Crippen LogP contribution in [0.1, 0.15) is 32.7 Å². The first kappa shape index (κ1) is 21.5. The van der Waals surface area contributed by atoms with Gasteiger partial charge in [-0.3, -0.25) is 9.59 Å². The van der Waals surface area contributed by atoms with Crippen LogP contribution in [-0.2, 0) is 6.42 Å². The third kappa shape index (κ3) is 4.69. The summed E-state index contributed by atoms with van der Waals surface area (Å²) in [7, 11) is 0. The Balaban J connectivity index is 1.28.